The smallest absolute Gasteiger partial charge is 0.408 e. The van der Waals surface area contributed by atoms with E-state index in [1.165, 1.54) is 25.1 Å². The molecule has 1 amide bonds. The van der Waals surface area contributed by atoms with Gasteiger partial charge in [-0.05, 0) is 96.8 Å². The lowest BCUT2D eigenvalue weighted by Crippen LogP contribution is -2.56. The summed E-state index contributed by atoms with van der Waals surface area (Å²) in [7, 11) is -5.44. The average molecular weight is 969 g/mol. The van der Waals surface area contributed by atoms with Crippen molar-refractivity contribution in [2.75, 3.05) is 40.2 Å². The minimum atomic E-state index is -5.04. The van der Waals surface area contributed by atoms with Crippen molar-refractivity contribution in [2.24, 2.45) is 0 Å². The molecule has 0 bridgehead atoms. The number of benzene rings is 5. The van der Waals surface area contributed by atoms with Gasteiger partial charge in [0.1, 0.15) is 27.0 Å². The number of anilines is 1. The second-order valence-corrected chi connectivity index (χ2v) is 20.2. The lowest BCUT2D eigenvalue weighted by molar-refractivity contribution is 0.0482. The number of nitrogens with one attached hydrogen (secondary N) is 2. The monoisotopic (exact) mass is 968 g/mol. The quantitative estimate of drug-likeness (QED) is 0.0684. The first-order chi connectivity index (χ1) is 32.4. The van der Waals surface area contributed by atoms with Crippen LogP contribution in [0, 0.1) is 0 Å². The molecule has 0 aliphatic heterocycles. The van der Waals surface area contributed by atoms with Gasteiger partial charge in [0.25, 0.3) is 0 Å². The van der Waals surface area contributed by atoms with Crippen LogP contribution in [-0.2, 0) is 39.7 Å². The van der Waals surface area contributed by atoms with Gasteiger partial charge in [0.15, 0.2) is 5.95 Å². The number of amides is 1. The van der Waals surface area contributed by atoms with Crippen LogP contribution in [0.5, 0.6) is 17.2 Å². The van der Waals surface area contributed by atoms with Gasteiger partial charge >= 0.3 is 6.09 Å². The van der Waals surface area contributed by atoms with Gasteiger partial charge in [-0.1, -0.05) is 54.6 Å². The minimum absolute atomic E-state index is 0.0723. The molecule has 0 unspecified atom stereocenters. The number of nitrogens with two attached hydrogens (primary N) is 1. The summed E-state index contributed by atoms with van der Waals surface area (Å²) in [5.41, 5.74) is 8.00. The van der Waals surface area contributed by atoms with Crippen molar-refractivity contribution in [1.29, 1.82) is 0 Å². The second kappa shape index (κ2) is 20.0. The number of hydrogen-bond donors (Lipinski definition) is 5. The third kappa shape index (κ3) is 10.5. The lowest BCUT2D eigenvalue weighted by Gasteiger charge is -2.38. The summed E-state index contributed by atoms with van der Waals surface area (Å²) in [6, 6.07) is 27.0. The van der Waals surface area contributed by atoms with E-state index >= 15 is 16.8 Å². The topological polar surface area (TPSA) is 270 Å². The fourth-order valence-electron chi connectivity index (χ4n) is 7.79. The van der Waals surface area contributed by atoms with E-state index < -0.39 is 60.7 Å². The van der Waals surface area contributed by atoms with E-state index in [0.29, 0.717) is 45.0 Å². The number of aliphatic hydroxyl groups excluding tert-OH is 1. The highest BCUT2D eigenvalue weighted by Crippen LogP contribution is 2.43. The number of H-pyrrole nitrogens is 1. The molecule has 7 aromatic rings. The zero-order valence-electron chi connectivity index (χ0n) is 38.1. The van der Waals surface area contributed by atoms with Crippen molar-refractivity contribution in [3.63, 3.8) is 0 Å². The van der Waals surface area contributed by atoms with Gasteiger partial charge in [-0.25, -0.2) is 31.3 Å². The molecule has 0 saturated heterocycles. The third-order valence-electron chi connectivity index (χ3n) is 11.0. The molecule has 5 aromatic carbocycles. The maximum atomic E-state index is 16.1. The van der Waals surface area contributed by atoms with Crippen LogP contribution in [0.25, 0.3) is 33.5 Å². The van der Waals surface area contributed by atoms with Crippen LogP contribution in [0.4, 0.5) is 10.7 Å². The highest BCUT2D eigenvalue weighted by atomic mass is 32.2. The van der Waals surface area contributed by atoms with Gasteiger partial charge in [0, 0.05) is 30.7 Å². The first-order valence-electron chi connectivity index (χ1n) is 21.1. The van der Waals surface area contributed by atoms with Crippen LogP contribution >= 0.6 is 0 Å². The Morgan fingerprint density at radius 2 is 1.37 bits per heavy atom. The first-order valence-corrected chi connectivity index (χ1v) is 24.0. The molecule has 2 aromatic heterocycles. The van der Waals surface area contributed by atoms with Crippen LogP contribution in [-0.4, -0.2) is 119 Å². The normalized spacial score (nSPS) is 12.6. The summed E-state index contributed by atoms with van der Waals surface area (Å²) in [5.74, 6) is 1.49. The number of ether oxygens (including phenoxy) is 3. The van der Waals surface area contributed by atoms with Gasteiger partial charge in [-0.15, -0.1) is 10.2 Å². The number of methoxy groups -OCH3 is 3. The number of aliphatic hydroxyl groups is 1. The summed E-state index contributed by atoms with van der Waals surface area (Å²) in [6.45, 7) is 2.94. The Labute approximate surface area is 393 Å². The van der Waals surface area contributed by atoms with Crippen LogP contribution in [0.2, 0.25) is 0 Å². The molecule has 0 aliphatic rings. The summed E-state index contributed by atoms with van der Waals surface area (Å²) in [6.07, 6.45) is -1.41. The predicted octanol–water partition coefficient (Wildman–Crippen LogP) is 5.35. The predicted molar refractivity (Wildman–Crippen MR) is 253 cm³/mol. The molecule has 7 rings (SSSR count). The molecule has 2 heterocycles. The number of nitrogens with zero attached hydrogens (tertiary/aromatic N) is 7. The SMILES string of the molecule is COc1ccc(CN(Cc2ccc(OC)cc2)S(=O)(=O)c2c(S(=O)(=O)NC[C@@H](CO)N(C(=O)O)C(C)(C)C)ccc(-c3cccc4[nH]c(N)nc34)c2-c2nnn(Cc3ccc(OC)cc3)n2)cc1. The zero-order valence-corrected chi connectivity index (χ0v) is 39.7. The van der Waals surface area contributed by atoms with Crippen LogP contribution in [0.1, 0.15) is 37.5 Å². The molecular weight excluding hydrogens is 917 g/mol. The van der Waals surface area contributed by atoms with Crippen molar-refractivity contribution in [2.45, 2.75) is 61.8 Å². The molecule has 0 saturated carbocycles. The van der Waals surface area contributed by atoms with E-state index in [1.54, 1.807) is 119 Å². The maximum Gasteiger partial charge on any atom is 0.408 e. The van der Waals surface area contributed by atoms with E-state index in [9.17, 15) is 15.0 Å². The molecular formula is C46H52N10O10S2. The number of tetrazole rings is 1. The lowest BCUT2D eigenvalue weighted by atomic mass is 9.98. The summed E-state index contributed by atoms with van der Waals surface area (Å²) < 4.78 is 81.8. The van der Waals surface area contributed by atoms with E-state index in [0.717, 1.165) is 20.8 Å². The third-order valence-corrected chi connectivity index (χ3v) is 14.5. The molecule has 0 spiro atoms. The zero-order chi connectivity index (χ0) is 49.0. The highest BCUT2D eigenvalue weighted by molar-refractivity contribution is 7.92. The number of sulfonamides is 2. The Morgan fingerprint density at radius 1 is 0.809 bits per heavy atom. The van der Waals surface area contributed by atoms with E-state index in [1.807, 2.05) is 0 Å². The Hall–Kier alpha value is -7.11. The second-order valence-electron chi connectivity index (χ2n) is 16.6. The standard InChI is InChI=1S/C46H52N10O10S2/c1-46(2,3)56(45(58)59)32(28-57)24-48-67(60,61)39-23-22-36(37-8-7-9-38-41(37)50-44(47)49-38)40(43-51-53-55(52-43)27-31-14-20-35(66-6)21-15-31)42(39)68(62,63)54(25-29-10-16-33(64-4)17-11-29)26-30-12-18-34(65-5)19-13-30/h7-23,32,48,57H,24-28H2,1-6H3,(H,58,59)(H3,47,49,50)/t32-/m0/s1. The van der Waals surface area contributed by atoms with Crippen molar-refractivity contribution < 1.29 is 46.1 Å². The number of fused-ring (bicyclic) bond motifs is 1. The summed E-state index contributed by atoms with van der Waals surface area (Å²) >= 11 is 0. The summed E-state index contributed by atoms with van der Waals surface area (Å²) in [4.78, 5) is 20.7. The Bertz CT molecular complexity index is 3070. The van der Waals surface area contributed by atoms with Crippen LogP contribution in [0.3, 0.4) is 0 Å². The number of hydrogen-bond acceptors (Lipinski definition) is 14. The molecule has 1 atom stereocenters. The van der Waals surface area contributed by atoms with E-state index in [2.05, 4.69) is 30.1 Å². The number of aromatic amines is 1. The number of rotatable bonds is 19. The average Bonchev–Trinajstić information content (AvgIpc) is 3.95. The fourth-order valence-corrected chi connectivity index (χ4v) is 11.3. The van der Waals surface area contributed by atoms with Gasteiger partial charge < -0.3 is 35.1 Å². The van der Waals surface area contributed by atoms with Gasteiger partial charge in [-0.3, -0.25) is 4.90 Å². The number of carbonyl (C=O) groups is 1. The van der Waals surface area contributed by atoms with Crippen molar-refractivity contribution >= 4 is 43.1 Å². The molecule has 0 aliphatic carbocycles. The van der Waals surface area contributed by atoms with E-state index in [-0.39, 0.29) is 42.5 Å². The molecule has 0 radical (unpaired) electrons. The van der Waals surface area contributed by atoms with Crippen LogP contribution < -0.4 is 24.7 Å². The Kier molecular flexibility index (Phi) is 14.4. The largest absolute Gasteiger partial charge is 0.497 e. The number of carboxylic acid groups (broad SMARTS) is 1. The molecule has 0 fully saturated rings. The van der Waals surface area contributed by atoms with Gasteiger partial charge in [-0.2, -0.15) is 9.10 Å². The fraction of sp³-hybridized carbons (Fsp3) is 0.283. The van der Waals surface area contributed by atoms with Gasteiger partial charge in [0.2, 0.25) is 25.9 Å². The number of para-hydroxylation sites is 1. The highest BCUT2D eigenvalue weighted by Gasteiger charge is 2.39. The minimum Gasteiger partial charge on any atom is -0.497 e. The van der Waals surface area contributed by atoms with Crippen molar-refractivity contribution in [3.05, 3.63) is 120 Å². The van der Waals surface area contributed by atoms with Crippen LogP contribution in [0.15, 0.2) is 113 Å². The molecule has 20 nitrogen and oxygen atoms in total. The molecule has 22 heteroatoms. The Morgan fingerprint density at radius 3 is 1.88 bits per heavy atom. The van der Waals surface area contributed by atoms with Crippen molar-refractivity contribution in [1.82, 2.24) is 44.1 Å². The maximum absolute atomic E-state index is 16.1. The Balaban J connectivity index is 1.51. The molecule has 358 valence electrons. The van der Waals surface area contributed by atoms with Crippen molar-refractivity contribution in [3.8, 4) is 39.8 Å². The first kappa shape index (κ1) is 48.8. The molecule has 68 heavy (non-hydrogen) atoms. The summed E-state index contributed by atoms with van der Waals surface area (Å²) in [5, 5.41) is 34.0. The van der Waals surface area contributed by atoms with Gasteiger partial charge in [0.05, 0.1) is 57.1 Å². The van der Waals surface area contributed by atoms with E-state index in [4.69, 9.17) is 19.9 Å². The molecule has 6 N–H and O–H groups in total. The number of imidazole rings is 1. The number of aromatic nitrogens is 6. The number of nitrogen functional groups attached to an aromatic ring is 1.